The molecule has 2 aromatic rings. The van der Waals surface area contributed by atoms with Gasteiger partial charge in [-0.05, 0) is 19.4 Å². The zero-order chi connectivity index (χ0) is 13.5. The molecule has 2 rings (SSSR count). The molecular weight excluding hydrogens is 244 g/mol. The Labute approximate surface area is 112 Å². The number of aromatic nitrogens is 5. The van der Waals surface area contributed by atoms with Gasteiger partial charge in [-0.25, -0.2) is 0 Å². The van der Waals surface area contributed by atoms with E-state index < -0.39 is 0 Å². The van der Waals surface area contributed by atoms with Crippen LogP contribution in [0.25, 0.3) is 11.5 Å². The van der Waals surface area contributed by atoms with Crippen molar-refractivity contribution in [1.29, 1.82) is 0 Å². The van der Waals surface area contributed by atoms with Crippen LogP contribution >= 0.6 is 0 Å². The van der Waals surface area contributed by atoms with Gasteiger partial charge in [-0.1, -0.05) is 25.4 Å². The van der Waals surface area contributed by atoms with Crippen molar-refractivity contribution < 1.29 is 4.52 Å². The summed E-state index contributed by atoms with van der Waals surface area (Å²) in [7, 11) is 0. The molecule has 104 valence electrons. The van der Waals surface area contributed by atoms with Gasteiger partial charge in [0.15, 0.2) is 5.69 Å². The zero-order valence-electron chi connectivity index (χ0n) is 11.4. The summed E-state index contributed by atoms with van der Waals surface area (Å²) in [4.78, 5) is 4.34. The maximum Gasteiger partial charge on any atom is 0.228 e. The van der Waals surface area contributed by atoms with Gasteiger partial charge in [-0.3, -0.25) is 0 Å². The van der Waals surface area contributed by atoms with Crippen LogP contribution in [-0.4, -0.2) is 38.1 Å². The van der Waals surface area contributed by atoms with Crippen molar-refractivity contribution in [3.63, 3.8) is 0 Å². The number of aromatic amines is 1. The lowest BCUT2D eigenvalue weighted by Gasteiger charge is -2.15. The minimum Gasteiger partial charge on any atom is -0.339 e. The molecule has 2 N–H and O–H groups in total. The lowest BCUT2D eigenvalue weighted by molar-refractivity contribution is 0.350. The Morgan fingerprint density at radius 2 is 2.26 bits per heavy atom. The van der Waals surface area contributed by atoms with Gasteiger partial charge in [0.25, 0.3) is 0 Å². The summed E-state index contributed by atoms with van der Waals surface area (Å²) in [6, 6.07) is 0.385. The van der Waals surface area contributed by atoms with Crippen LogP contribution in [0.4, 0.5) is 0 Å². The van der Waals surface area contributed by atoms with Crippen molar-refractivity contribution in [1.82, 2.24) is 30.9 Å². The standard InChI is InChI=1S/C12H20N6O/c1-3-5-9(13-6-4-2)7-11-15-12(17-19-11)10-8-14-18-16-10/h8-9,13H,3-7H2,1-2H3,(H,14,16,18). The Morgan fingerprint density at radius 1 is 1.37 bits per heavy atom. The summed E-state index contributed by atoms with van der Waals surface area (Å²) in [6.45, 7) is 5.34. The fourth-order valence-electron chi connectivity index (χ4n) is 1.94. The molecule has 0 aromatic carbocycles. The number of nitrogens with one attached hydrogen (secondary N) is 2. The minimum absolute atomic E-state index is 0.385. The van der Waals surface area contributed by atoms with Crippen molar-refractivity contribution >= 4 is 0 Å². The van der Waals surface area contributed by atoms with Gasteiger partial charge in [0.1, 0.15) is 0 Å². The molecule has 0 aliphatic heterocycles. The Hall–Kier alpha value is -1.76. The van der Waals surface area contributed by atoms with Gasteiger partial charge >= 0.3 is 0 Å². The molecule has 1 unspecified atom stereocenters. The highest BCUT2D eigenvalue weighted by Gasteiger charge is 2.15. The third-order valence-electron chi connectivity index (χ3n) is 2.85. The van der Waals surface area contributed by atoms with Crippen LogP contribution in [0.3, 0.4) is 0 Å². The SMILES string of the molecule is CCCNC(CCC)Cc1nc(-c2cn[nH]n2)no1. The Morgan fingerprint density at radius 3 is 2.95 bits per heavy atom. The van der Waals surface area contributed by atoms with Crippen LogP contribution in [0.5, 0.6) is 0 Å². The van der Waals surface area contributed by atoms with E-state index in [9.17, 15) is 0 Å². The van der Waals surface area contributed by atoms with Crippen LogP contribution < -0.4 is 5.32 Å². The summed E-state index contributed by atoms with van der Waals surface area (Å²) in [5.74, 6) is 1.12. The molecule has 7 nitrogen and oxygen atoms in total. The molecule has 1 atom stereocenters. The molecule has 0 radical (unpaired) electrons. The largest absolute Gasteiger partial charge is 0.339 e. The van der Waals surface area contributed by atoms with Crippen molar-refractivity contribution in [2.24, 2.45) is 0 Å². The number of rotatable bonds is 8. The number of hydrogen-bond donors (Lipinski definition) is 2. The number of nitrogens with zero attached hydrogens (tertiary/aromatic N) is 4. The lowest BCUT2D eigenvalue weighted by Crippen LogP contribution is -2.31. The first-order chi connectivity index (χ1) is 9.33. The molecule has 19 heavy (non-hydrogen) atoms. The van der Waals surface area contributed by atoms with E-state index in [-0.39, 0.29) is 0 Å². The second-order valence-electron chi connectivity index (χ2n) is 4.51. The van der Waals surface area contributed by atoms with E-state index in [0.29, 0.717) is 23.5 Å². The smallest absolute Gasteiger partial charge is 0.228 e. The molecule has 7 heteroatoms. The summed E-state index contributed by atoms with van der Waals surface area (Å²) in [5, 5.41) is 17.6. The molecule has 0 amide bonds. The van der Waals surface area contributed by atoms with Crippen LogP contribution in [-0.2, 0) is 6.42 Å². The molecule has 0 fully saturated rings. The Bertz CT molecular complexity index is 466. The van der Waals surface area contributed by atoms with Crippen molar-refractivity contribution in [2.75, 3.05) is 6.54 Å². The summed E-state index contributed by atoms with van der Waals surface area (Å²) in [5.41, 5.74) is 0.601. The molecule has 0 saturated heterocycles. The van der Waals surface area contributed by atoms with E-state index in [1.54, 1.807) is 6.20 Å². The predicted molar refractivity (Wildman–Crippen MR) is 70.4 cm³/mol. The van der Waals surface area contributed by atoms with Gasteiger partial charge in [-0.15, -0.1) is 0 Å². The fourth-order valence-corrected chi connectivity index (χ4v) is 1.94. The van der Waals surface area contributed by atoms with Gasteiger partial charge < -0.3 is 9.84 Å². The molecule has 2 aromatic heterocycles. The lowest BCUT2D eigenvalue weighted by atomic mass is 10.1. The third-order valence-corrected chi connectivity index (χ3v) is 2.85. The molecule has 0 spiro atoms. The van der Waals surface area contributed by atoms with E-state index in [1.165, 1.54) is 0 Å². The highest BCUT2D eigenvalue weighted by Crippen LogP contribution is 2.12. The summed E-state index contributed by atoms with van der Waals surface area (Å²) in [6.07, 6.45) is 5.67. The summed E-state index contributed by atoms with van der Waals surface area (Å²) < 4.78 is 5.26. The minimum atomic E-state index is 0.385. The maximum absolute atomic E-state index is 5.26. The molecule has 0 bridgehead atoms. The second-order valence-corrected chi connectivity index (χ2v) is 4.51. The van der Waals surface area contributed by atoms with Gasteiger partial charge in [0, 0.05) is 12.5 Å². The van der Waals surface area contributed by atoms with Crippen LogP contribution in [0.15, 0.2) is 10.7 Å². The third kappa shape index (κ3) is 3.85. The maximum atomic E-state index is 5.26. The average molecular weight is 264 g/mol. The first-order valence-corrected chi connectivity index (χ1v) is 6.75. The molecule has 0 aliphatic carbocycles. The number of H-pyrrole nitrogens is 1. The van der Waals surface area contributed by atoms with E-state index >= 15 is 0 Å². The predicted octanol–water partition coefficient (Wildman–Crippen LogP) is 1.57. The average Bonchev–Trinajstić information content (AvgIpc) is 3.06. The Kier molecular flexibility index (Phi) is 5.02. The van der Waals surface area contributed by atoms with Crippen LogP contribution in [0, 0.1) is 0 Å². The van der Waals surface area contributed by atoms with E-state index in [2.05, 4.69) is 44.7 Å². The van der Waals surface area contributed by atoms with E-state index in [0.717, 1.165) is 32.2 Å². The molecular formula is C12H20N6O. The summed E-state index contributed by atoms with van der Waals surface area (Å²) >= 11 is 0. The zero-order valence-corrected chi connectivity index (χ0v) is 11.4. The van der Waals surface area contributed by atoms with Gasteiger partial charge in [0.2, 0.25) is 11.7 Å². The van der Waals surface area contributed by atoms with Gasteiger partial charge in [-0.2, -0.15) is 20.4 Å². The quantitative estimate of drug-likeness (QED) is 0.751. The topological polar surface area (TPSA) is 92.5 Å². The first kappa shape index (κ1) is 13.7. The highest BCUT2D eigenvalue weighted by molar-refractivity contribution is 5.44. The molecule has 0 saturated carbocycles. The second kappa shape index (κ2) is 6.98. The van der Waals surface area contributed by atoms with Crippen LogP contribution in [0.2, 0.25) is 0 Å². The molecule has 0 aliphatic rings. The van der Waals surface area contributed by atoms with Crippen molar-refractivity contribution in [2.45, 2.75) is 45.6 Å². The highest BCUT2D eigenvalue weighted by atomic mass is 16.5. The first-order valence-electron chi connectivity index (χ1n) is 6.75. The monoisotopic (exact) mass is 264 g/mol. The fraction of sp³-hybridized carbons (Fsp3) is 0.667. The van der Waals surface area contributed by atoms with Crippen LogP contribution in [0.1, 0.15) is 39.0 Å². The Balaban J connectivity index is 1.97. The molecule has 2 heterocycles. The van der Waals surface area contributed by atoms with E-state index in [4.69, 9.17) is 4.52 Å². The van der Waals surface area contributed by atoms with Crippen molar-refractivity contribution in [3.05, 3.63) is 12.1 Å². The van der Waals surface area contributed by atoms with E-state index in [1.807, 2.05) is 0 Å². The normalized spacial score (nSPS) is 12.7. The van der Waals surface area contributed by atoms with Crippen molar-refractivity contribution in [3.8, 4) is 11.5 Å². The number of hydrogen-bond acceptors (Lipinski definition) is 6. The van der Waals surface area contributed by atoms with Gasteiger partial charge in [0.05, 0.1) is 6.20 Å².